The molecule has 0 saturated carbocycles. The molecule has 0 unspecified atom stereocenters. The van der Waals surface area contributed by atoms with Crippen molar-refractivity contribution in [1.29, 1.82) is 0 Å². The van der Waals surface area contributed by atoms with E-state index in [1.54, 1.807) is 0 Å². The molecule has 1 aromatic rings. The van der Waals surface area contributed by atoms with Crippen molar-refractivity contribution < 1.29 is 9.84 Å². The Morgan fingerprint density at radius 1 is 1.33 bits per heavy atom. The lowest BCUT2D eigenvalue weighted by molar-refractivity contribution is -0.184. The number of benzene rings is 1. The Balaban J connectivity index is 2.38. The summed E-state index contributed by atoms with van der Waals surface area (Å²) in [5.74, 6) is 0.495. The van der Waals surface area contributed by atoms with Crippen LogP contribution in [0.25, 0.3) is 0 Å². The summed E-state index contributed by atoms with van der Waals surface area (Å²) < 4.78 is 5.07. The van der Waals surface area contributed by atoms with Crippen LogP contribution >= 0.6 is 0 Å². The fraction of sp³-hybridized carbons (Fsp3) is 0.538. The number of aliphatic hydroxyl groups is 1. The van der Waals surface area contributed by atoms with Gasteiger partial charge in [-0.2, -0.15) is 0 Å². The van der Waals surface area contributed by atoms with Crippen molar-refractivity contribution in [3.05, 3.63) is 34.9 Å². The fourth-order valence-electron chi connectivity index (χ4n) is 2.01. The van der Waals surface area contributed by atoms with Gasteiger partial charge in [0.2, 0.25) is 0 Å². The Morgan fingerprint density at radius 2 is 2.00 bits per heavy atom. The quantitative estimate of drug-likeness (QED) is 0.804. The molecule has 0 aromatic heterocycles. The van der Waals surface area contributed by atoms with Crippen molar-refractivity contribution in [2.24, 2.45) is 0 Å². The Morgan fingerprint density at radius 3 is 2.47 bits per heavy atom. The normalized spacial score (nSPS) is 19.0. The lowest BCUT2D eigenvalue weighted by Gasteiger charge is -2.37. The van der Waals surface area contributed by atoms with Crippen molar-refractivity contribution in [3.8, 4) is 0 Å². The molecular formula is C13H18O2. The van der Waals surface area contributed by atoms with E-state index in [9.17, 15) is 5.11 Å². The van der Waals surface area contributed by atoms with Gasteiger partial charge in [-0.3, -0.25) is 0 Å². The standard InChI is InChI=1S/C13H18O2/c1-9(2)12-6-11(5-4-10(12)3)13(14)7-15-8-13/h4-6,9,14H,7-8H2,1-3H3. The first-order valence-electron chi connectivity index (χ1n) is 5.44. The third-order valence-electron chi connectivity index (χ3n) is 3.12. The number of hydrogen-bond acceptors (Lipinski definition) is 2. The van der Waals surface area contributed by atoms with Crippen molar-refractivity contribution in [2.45, 2.75) is 32.3 Å². The van der Waals surface area contributed by atoms with Crippen LogP contribution < -0.4 is 0 Å². The van der Waals surface area contributed by atoms with E-state index in [2.05, 4.69) is 32.9 Å². The molecule has 15 heavy (non-hydrogen) atoms. The fourth-order valence-corrected chi connectivity index (χ4v) is 2.01. The summed E-state index contributed by atoms with van der Waals surface area (Å²) in [4.78, 5) is 0. The molecule has 0 amide bonds. The largest absolute Gasteiger partial charge is 0.380 e. The summed E-state index contributed by atoms with van der Waals surface area (Å²) in [6, 6.07) is 6.20. The predicted octanol–water partition coefficient (Wildman–Crippen LogP) is 2.34. The maximum Gasteiger partial charge on any atom is 0.136 e. The van der Waals surface area contributed by atoms with Crippen LogP contribution in [0.2, 0.25) is 0 Å². The Bertz CT molecular complexity index is 365. The molecule has 1 N–H and O–H groups in total. The lowest BCUT2D eigenvalue weighted by atomic mass is 9.87. The van der Waals surface area contributed by atoms with Gasteiger partial charge in [0.15, 0.2) is 0 Å². The minimum Gasteiger partial charge on any atom is -0.380 e. The van der Waals surface area contributed by atoms with E-state index in [1.807, 2.05) is 6.07 Å². The molecule has 1 fully saturated rings. The zero-order valence-electron chi connectivity index (χ0n) is 9.58. The van der Waals surface area contributed by atoms with Crippen LogP contribution in [-0.4, -0.2) is 18.3 Å². The molecule has 1 aliphatic heterocycles. The highest BCUT2D eigenvalue weighted by molar-refractivity contribution is 5.36. The van der Waals surface area contributed by atoms with Gasteiger partial charge in [0.1, 0.15) is 5.60 Å². The molecule has 82 valence electrons. The second kappa shape index (κ2) is 3.62. The van der Waals surface area contributed by atoms with Crippen molar-refractivity contribution in [3.63, 3.8) is 0 Å². The van der Waals surface area contributed by atoms with E-state index in [0.717, 1.165) is 5.56 Å². The molecule has 0 atom stereocenters. The molecule has 0 radical (unpaired) electrons. The Kier molecular flexibility index (Phi) is 2.57. The Hall–Kier alpha value is -0.860. The second-order valence-corrected chi connectivity index (χ2v) is 4.75. The van der Waals surface area contributed by atoms with E-state index in [1.165, 1.54) is 11.1 Å². The van der Waals surface area contributed by atoms with Gasteiger partial charge in [0.25, 0.3) is 0 Å². The van der Waals surface area contributed by atoms with Crippen molar-refractivity contribution in [2.75, 3.05) is 13.2 Å². The van der Waals surface area contributed by atoms with Crippen LogP contribution in [-0.2, 0) is 10.3 Å². The van der Waals surface area contributed by atoms with Crippen molar-refractivity contribution in [1.82, 2.24) is 0 Å². The number of ether oxygens (including phenoxy) is 1. The van der Waals surface area contributed by atoms with Crippen LogP contribution in [0, 0.1) is 6.92 Å². The van der Waals surface area contributed by atoms with E-state index in [-0.39, 0.29) is 0 Å². The molecule has 1 heterocycles. The predicted molar refractivity (Wildman–Crippen MR) is 60.0 cm³/mol. The molecule has 0 aliphatic carbocycles. The minimum atomic E-state index is -0.739. The molecule has 2 nitrogen and oxygen atoms in total. The van der Waals surface area contributed by atoms with Crippen LogP contribution in [0.5, 0.6) is 0 Å². The van der Waals surface area contributed by atoms with Gasteiger partial charge in [0, 0.05) is 0 Å². The smallest absolute Gasteiger partial charge is 0.136 e. The van der Waals surface area contributed by atoms with Gasteiger partial charge in [-0.15, -0.1) is 0 Å². The molecule has 2 rings (SSSR count). The van der Waals surface area contributed by atoms with Gasteiger partial charge in [-0.05, 0) is 29.5 Å². The van der Waals surface area contributed by atoms with Gasteiger partial charge in [0.05, 0.1) is 13.2 Å². The molecular weight excluding hydrogens is 188 g/mol. The summed E-state index contributed by atoms with van der Waals surface area (Å²) in [5, 5.41) is 10.2. The minimum absolute atomic E-state index is 0.424. The molecule has 2 heteroatoms. The number of rotatable bonds is 2. The van der Waals surface area contributed by atoms with Crippen LogP contribution in [0.4, 0.5) is 0 Å². The zero-order chi connectivity index (χ0) is 11.1. The topological polar surface area (TPSA) is 29.5 Å². The van der Waals surface area contributed by atoms with Crippen LogP contribution in [0.3, 0.4) is 0 Å². The summed E-state index contributed by atoms with van der Waals surface area (Å²) in [5.41, 5.74) is 2.85. The van der Waals surface area contributed by atoms with Crippen LogP contribution in [0.15, 0.2) is 18.2 Å². The summed E-state index contributed by atoms with van der Waals surface area (Å²) >= 11 is 0. The van der Waals surface area contributed by atoms with Gasteiger partial charge in [-0.1, -0.05) is 32.0 Å². The molecule has 1 aliphatic rings. The highest BCUT2D eigenvalue weighted by Gasteiger charge is 2.38. The van der Waals surface area contributed by atoms with E-state index < -0.39 is 5.60 Å². The van der Waals surface area contributed by atoms with E-state index in [4.69, 9.17) is 4.74 Å². The summed E-state index contributed by atoms with van der Waals surface area (Å²) in [6.45, 7) is 7.31. The Labute approximate surface area is 90.9 Å². The SMILES string of the molecule is Cc1ccc(C2(O)COC2)cc1C(C)C. The third-order valence-corrected chi connectivity index (χ3v) is 3.12. The first-order chi connectivity index (χ1) is 7.03. The monoisotopic (exact) mass is 206 g/mol. The molecule has 0 spiro atoms. The first kappa shape index (κ1) is 10.7. The van der Waals surface area contributed by atoms with E-state index in [0.29, 0.717) is 19.1 Å². The summed E-state index contributed by atoms with van der Waals surface area (Å²) in [6.07, 6.45) is 0. The lowest BCUT2D eigenvalue weighted by Crippen LogP contribution is -2.46. The third kappa shape index (κ3) is 1.80. The maximum atomic E-state index is 10.2. The van der Waals surface area contributed by atoms with E-state index >= 15 is 0 Å². The van der Waals surface area contributed by atoms with Crippen molar-refractivity contribution >= 4 is 0 Å². The van der Waals surface area contributed by atoms with Gasteiger partial charge >= 0.3 is 0 Å². The molecule has 1 aromatic carbocycles. The molecule has 1 saturated heterocycles. The zero-order valence-corrected chi connectivity index (χ0v) is 9.58. The molecule has 0 bridgehead atoms. The highest BCUT2D eigenvalue weighted by Crippen LogP contribution is 2.32. The average Bonchev–Trinajstić information content (AvgIpc) is 2.14. The second-order valence-electron chi connectivity index (χ2n) is 4.75. The average molecular weight is 206 g/mol. The van der Waals surface area contributed by atoms with Gasteiger partial charge in [-0.25, -0.2) is 0 Å². The first-order valence-corrected chi connectivity index (χ1v) is 5.44. The van der Waals surface area contributed by atoms with Crippen LogP contribution in [0.1, 0.15) is 36.5 Å². The number of hydrogen-bond donors (Lipinski definition) is 1. The number of aryl methyl sites for hydroxylation is 1. The maximum absolute atomic E-state index is 10.2. The highest BCUT2D eigenvalue weighted by atomic mass is 16.5. The summed E-state index contributed by atoms with van der Waals surface area (Å²) in [7, 11) is 0. The van der Waals surface area contributed by atoms with Gasteiger partial charge < -0.3 is 9.84 Å².